The molecule has 0 spiro atoms. The summed E-state index contributed by atoms with van der Waals surface area (Å²) in [5, 5.41) is 11.5. The van der Waals surface area contributed by atoms with E-state index in [1.54, 1.807) is 17.0 Å². The number of hydrogen-bond acceptors (Lipinski definition) is 4. The number of anilines is 1. The lowest BCUT2D eigenvalue weighted by atomic mass is 10.2. The highest BCUT2D eigenvalue weighted by Crippen LogP contribution is 2.03. The maximum Gasteiger partial charge on any atom is 0.303 e. The number of rotatable bonds is 6. The number of aromatic nitrogens is 2. The first kappa shape index (κ1) is 13.2. The van der Waals surface area contributed by atoms with Crippen molar-refractivity contribution < 1.29 is 9.90 Å². The van der Waals surface area contributed by atoms with Crippen molar-refractivity contribution >= 4 is 11.8 Å². The van der Waals surface area contributed by atoms with Crippen LogP contribution in [0.4, 0.5) is 5.82 Å². The van der Waals surface area contributed by atoms with E-state index in [1.807, 2.05) is 13.8 Å². The summed E-state index contributed by atoms with van der Waals surface area (Å²) < 4.78 is 1.54. The molecule has 2 N–H and O–H groups in total. The van der Waals surface area contributed by atoms with Crippen molar-refractivity contribution in [3.8, 4) is 0 Å². The molecule has 0 aliphatic rings. The van der Waals surface area contributed by atoms with E-state index in [2.05, 4.69) is 10.3 Å². The zero-order chi connectivity index (χ0) is 12.8. The van der Waals surface area contributed by atoms with Crippen LogP contribution in [0.3, 0.4) is 0 Å². The van der Waals surface area contributed by atoms with Crippen molar-refractivity contribution in [2.45, 2.75) is 39.3 Å². The van der Waals surface area contributed by atoms with E-state index in [-0.39, 0.29) is 23.8 Å². The van der Waals surface area contributed by atoms with E-state index in [4.69, 9.17) is 5.11 Å². The second-order valence-electron chi connectivity index (χ2n) is 3.84. The largest absolute Gasteiger partial charge is 0.481 e. The van der Waals surface area contributed by atoms with Gasteiger partial charge < -0.3 is 15.0 Å². The number of carboxylic acid groups (broad SMARTS) is 1. The lowest BCUT2D eigenvalue weighted by Gasteiger charge is -2.13. The third-order valence-corrected chi connectivity index (χ3v) is 2.43. The summed E-state index contributed by atoms with van der Waals surface area (Å²) in [7, 11) is 0. The van der Waals surface area contributed by atoms with Crippen molar-refractivity contribution in [3.05, 3.63) is 22.7 Å². The Balaban J connectivity index is 2.68. The van der Waals surface area contributed by atoms with Crippen LogP contribution in [0.2, 0.25) is 0 Å². The second kappa shape index (κ2) is 6.03. The molecule has 0 aliphatic carbocycles. The standard InChI is InChI=1S/C11H17N3O3/c1-3-14-7-6-12-10(11(14)17)13-8(2)4-5-9(15)16/h6-8H,3-5H2,1-2H3,(H,12,13)(H,15,16). The summed E-state index contributed by atoms with van der Waals surface area (Å²) in [5.41, 5.74) is -0.183. The minimum atomic E-state index is -0.842. The Hall–Kier alpha value is -1.85. The Kier molecular flexibility index (Phi) is 4.68. The van der Waals surface area contributed by atoms with Crippen molar-refractivity contribution in [2.75, 3.05) is 5.32 Å². The van der Waals surface area contributed by atoms with Gasteiger partial charge in [-0.3, -0.25) is 9.59 Å². The predicted octanol–water partition coefficient (Wildman–Crippen LogP) is 0.928. The Labute approximate surface area is 99.3 Å². The smallest absolute Gasteiger partial charge is 0.303 e. The fourth-order valence-electron chi connectivity index (χ4n) is 1.44. The van der Waals surface area contributed by atoms with Gasteiger partial charge in [-0.1, -0.05) is 0 Å². The van der Waals surface area contributed by atoms with Crippen LogP contribution in [0.1, 0.15) is 26.7 Å². The summed E-state index contributed by atoms with van der Waals surface area (Å²) in [4.78, 5) is 26.2. The molecule has 6 heteroatoms. The minimum absolute atomic E-state index is 0.0724. The van der Waals surface area contributed by atoms with Crippen molar-refractivity contribution in [1.29, 1.82) is 0 Å². The first-order valence-corrected chi connectivity index (χ1v) is 5.58. The number of aryl methyl sites for hydroxylation is 1. The molecule has 1 heterocycles. The molecule has 0 amide bonds. The molecular weight excluding hydrogens is 222 g/mol. The first-order chi connectivity index (χ1) is 8.04. The SMILES string of the molecule is CCn1ccnc(NC(C)CCC(=O)O)c1=O. The van der Waals surface area contributed by atoms with Gasteiger partial charge in [0.15, 0.2) is 5.82 Å². The fourth-order valence-corrected chi connectivity index (χ4v) is 1.44. The predicted molar refractivity (Wildman–Crippen MR) is 64.1 cm³/mol. The van der Waals surface area contributed by atoms with Gasteiger partial charge >= 0.3 is 5.97 Å². The molecule has 1 unspecified atom stereocenters. The highest BCUT2D eigenvalue weighted by molar-refractivity contribution is 5.66. The summed E-state index contributed by atoms with van der Waals surface area (Å²) in [5.74, 6) is -0.571. The molecule has 0 aromatic carbocycles. The van der Waals surface area contributed by atoms with E-state index >= 15 is 0 Å². The maximum atomic E-state index is 11.8. The molecule has 0 radical (unpaired) electrons. The highest BCUT2D eigenvalue weighted by Gasteiger charge is 2.09. The van der Waals surface area contributed by atoms with Crippen LogP contribution in [0, 0.1) is 0 Å². The average Bonchev–Trinajstić information content (AvgIpc) is 2.29. The summed E-state index contributed by atoms with van der Waals surface area (Å²) in [6.45, 7) is 4.28. The zero-order valence-electron chi connectivity index (χ0n) is 10.0. The second-order valence-corrected chi connectivity index (χ2v) is 3.84. The molecule has 0 fully saturated rings. The van der Waals surface area contributed by atoms with Crippen molar-refractivity contribution in [3.63, 3.8) is 0 Å². The summed E-state index contributed by atoms with van der Waals surface area (Å²) >= 11 is 0. The highest BCUT2D eigenvalue weighted by atomic mass is 16.4. The van der Waals surface area contributed by atoms with Crippen molar-refractivity contribution in [2.24, 2.45) is 0 Å². The quantitative estimate of drug-likeness (QED) is 0.771. The molecule has 0 saturated carbocycles. The van der Waals surface area contributed by atoms with Crippen LogP contribution in [-0.2, 0) is 11.3 Å². The Morgan fingerprint density at radius 3 is 2.94 bits per heavy atom. The van der Waals surface area contributed by atoms with Gasteiger partial charge in [0, 0.05) is 31.4 Å². The molecule has 0 saturated heterocycles. The topological polar surface area (TPSA) is 84.2 Å². The van der Waals surface area contributed by atoms with Crippen LogP contribution in [0.5, 0.6) is 0 Å². The molecule has 17 heavy (non-hydrogen) atoms. The van der Waals surface area contributed by atoms with Gasteiger partial charge in [0.05, 0.1) is 0 Å². The van der Waals surface area contributed by atoms with E-state index in [1.165, 1.54) is 0 Å². The average molecular weight is 239 g/mol. The number of aliphatic carboxylic acids is 1. The molecule has 1 aromatic heterocycles. The zero-order valence-corrected chi connectivity index (χ0v) is 10.0. The lowest BCUT2D eigenvalue weighted by molar-refractivity contribution is -0.137. The normalized spacial score (nSPS) is 12.1. The van der Waals surface area contributed by atoms with Gasteiger partial charge in [-0.25, -0.2) is 4.98 Å². The van der Waals surface area contributed by atoms with E-state index in [0.717, 1.165) is 0 Å². The van der Waals surface area contributed by atoms with Gasteiger partial charge in [-0.2, -0.15) is 0 Å². The van der Waals surface area contributed by atoms with E-state index < -0.39 is 5.97 Å². The Morgan fingerprint density at radius 1 is 1.65 bits per heavy atom. The number of hydrogen-bond donors (Lipinski definition) is 2. The molecule has 1 rings (SSSR count). The van der Waals surface area contributed by atoms with Crippen LogP contribution in [0.25, 0.3) is 0 Å². The lowest BCUT2D eigenvalue weighted by Crippen LogP contribution is -2.27. The molecule has 6 nitrogen and oxygen atoms in total. The monoisotopic (exact) mass is 239 g/mol. The van der Waals surface area contributed by atoms with Gasteiger partial charge in [0.2, 0.25) is 0 Å². The van der Waals surface area contributed by atoms with Gasteiger partial charge in [-0.15, -0.1) is 0 Å². The maximum absolute atomic E-state index is 11.8. The number of nitrogens with zero attached hydrogens (tertiary/aromatic N) is 2. The van der Waals surface area contributed by atoms with E-state index in [9.17, 15) is 9.59 Å². The van der Waals surface area contributed by atoms with Crippen LogP contribution < -0.4 is 10.9 Å². The van der Waals surface area contributed by atoms with Crippen LogP contribution in [-0.4, -0.2) is 26.7 Å². The molecule has 0 bridgehead atoms. The van der Waals surface area contributed by atoms with E-state index in [0.29, 0.717) is 13.0 Å². The third-order valence-electron chi connectivity index (χ3n) is 2.43. The number of nitrogens with one attached hydrogen (secondary N) is 1. The van der Waals surface area contributed by atoms with Gasteiger partial charge in [0.1, 0.15) is 0 Å². The molecule has 1 atom stereocenters. The molecule has 94 valence electrons. The first-order valence-electron chi connectivity index (χ1n) is 5.58. The summed E-state index contributed by atoms with van der Waals surface area (Å²) in [6, 6.07) is -0.0981. The van der Waals surface area contributed by atoms with Gasteiger partial charge in [-0.05, 0) is 20.3 Å². The Bertz CT molecular complexity index is 442. The molecule has 1 aromatic rings. The van der Waals surface area contributed by atoms with Crippen molar-refractivity contribution in [1.82, 2.24) is 9.55 Å². The fraction of sp³-hybridized carbons (Fsp3) is 0.545. The third kappa shape index (κ3) is 3.90. The Morgan fingerprint density at radius 2 is 2.35 bits per heavy atom. The summed E-state index contributed by atoms with van der Waals surface area (Å²) in [6.07, 6.45) is 3.70. The minimum Gasteiger partial charge on any atom is -0.481 e. The van der Waals surface area contributed by atoms with Gasteiger partial charge in [0.25, 0.3) is 5.56 Å². The van der Waals surface area contributed by atoms with Crippen LogP contribution >= 0.6 is 0 Å². The number of carboxylic acids is 1. The van der Waals surface area contributed by atoms with Crippen LogP contribution in [0.15, 0.2) is 17.2 Å². The molecular formula is C11H17N3O3. The number of carbonyl (C=O) groups is 1. The molecule has 0 aliphatic heterocycles.